The maximum Gasteiger partial charge on any atom is 0.231 e. The molecule has 0 radical (unpaired) electrons. The van der Waals surface area contributed by atoms with E-state index >= 15 is 0 Å². The SMILES string of the molecule is c1cc2c(cc1NC1CC3CCC(C1)N3)OCO2. The minimum atomic E-state index is 0.344. The van der Waals surface area contributed by atoms with Crippen molar-refractivity contribution in [3.8, 4) is 11.5 Å². The molecule has 96 valence electrons. The van der Waals surface area contributed by atoms with Crippen molar-refractivity contribution < 1.29 is 9.47 Å². The van der Waals surface area contributed by atoms with Crippen LogP contribution in [0.2, 0.25) is 0 Å². The second kappa shape index (κ2) is 4.05. The van der Waals surface area contributed by atoms with Crippen LogP contribution in [-0.2, 0) is 0 Å². The molecule has 0 aromatic heterocycles. The number of benzene rings is 1. The molecule has 3 aliphatic rings. The Labute approximate surface area is 107 Å². The number of fused-ring (bicyclic) bond motifs is 3. The summed E-state index contributed by atoms with van der Waals surface area (Å²) >= 11 is 0. The van der Waals surface area contributed by atoms with Crippen molar-refractivity contribution in [3.05, 3.63) is 18.2 Å². The van der Waals surface area contributed by atoms with Gasteiger partial charge in [-0.3, -0.25) is 0 Å². The summed E-state index contributed by atoms with van der Waals surface area (Å²) in [6.07, 6.45) is 5.13. The van der Waals surface area contributed by atoms with E-state index in [9.17, 15) is 0 Å². The molecule has 0 aliphatic carbocycles. The van der Waals surface area contributed by atoms with E-state index in [4.69, 9.17) is 9.47 Å². The lowest BCUT2D eigenvalue weighted by Gasteiger charge is -2.30. The first-order valence-electron chi connectivity index (χ1n) is 6.79. The summed E-state index contributed by atoms with van der Waals surface area (Å²) < 4.78 is 10.7. The average Bonchev–Trinajstić information content (AvgIpc) is 2.95. The lowest BCUT2D eigenvalue weighted by Crippen LogP contribution is -2.43. The molecule has 18 heavy (non-hydrogen) atoms. The predicted octanol–water partition coefficient (Wildman–Crippen LogP) is 2.11. The molecule has 4 heteroatoms. The molecule has 4 nitrogen and oxygen atoms in total. The Balaban J connectivity index is 1.48. The van der Waals surface area contributed by atoms with E-state index in [1.165, 1.54) is 25.7 Å². The first-order chi connectivity index (χ1) is 8.87. The predicted molar refractivity (Wildman–Crippen MR) is 69.2 cm³/mol. The Hall–Kier alpha value is -1.42. The molecule has 2 saturated heterocycles. The molecular formula is C14H18N2O2. The highest BCUT2D eigenvalue weighted by atomic mass is 16.7. The largest absolute Gasteiger partial charge is 0.454 e. The van der Waals surface area contributed by atoms with E-state index in [0.717, 1.165) is 29.3 Å². The number of nitrogens with one attached hydrogen (secondary N) is 2. The molecule has 2 N–H and O–H groups in total. The Morgan fingerprint density at radius 1 is 1.06 bits per heavy atom. The molecule has 3 aliphatic heterocycles. The summed E-state index contributed by atoms with van der Waals surface area (Å²) in [5.74, 6) is 1.71. The first-order valence-corrected chi connectivity index (χ1v) is 6.79. The van der Waals surface area contributed by atoms with Gasteiger partial charge in [0.05, 0.1) is 0 Å². The second-order valence-corrected chi connectivity index (χ2v) is 5.52. The Kier molecular flexibility index (Phi) is 2.36. The van der Waals surface area contributed by atoms with Gasteiger partial charge in [-0.15, -0.1) is 0 Å². The molecule has 4 rings (SSSR count). The van der Waals surface area contributed by atoms with Gasteiger partial charge in [0.1, 0.15) is 0 Å². The number of anilines is 1. The molecule has 1 aromatic carbocycles. The van der Waals surface area contributed by atoms with E-state index in [2.05, 4.69) is 16.7 Å². The molecule has 1 aromatic rings. The zero-order valence-corrected chi connectivity index (χ0v) is 10.3. The molecule has 0 amide bonds. The van der Waals surface area contributed by atoms with Crippen molar-refractivity contribution >= 4 is 5.69 Å². The third kappa shape index (κ3) is 1.81. The lowest BCUT2D eigenvalue weighted by atomic mass is 9.99. The van der Waals surface area contributed by atoms with Crippen LogP contribution in [0.4, 0.5) is 5.69 Å². The van der Waals surface area contributed by atoms with Gasteiger partial charge in [0.2, 0.25) is 6.79 Å². The minimum Gasteiger partial charge on any atom is -0.454 e. The fourth-order valence-electron chi connectivity index (χ4n) is 3.40. The van der Waals surface area contributed by atoms with Crippen LogP contribution in [0.5, 0.6) is 11.5 Å². The van der Waals surface area contributed by atoms with Gasteiger partial charge in [0.25, 0.3) is 0 Å². The van der Waals surface area contributed by atoms with Crippen molar-refractivity contribution in [1.29, 1.82) is 0 Å². The summed E-state index contributed by atoms with van der Waals surface area (Å²) in [4.78, 5) is 0. The number of rotatable bonds is 2. The quantitative estimate of drug-likeness (QED) is 0.838. The molecule has 3 heterocycles. The molecule has 2 fully saturated rings. The highest BCUT2D eigenvalue weighted by Crippen LogP contribution is 2.35. The zero-order valence-electron chi connectivity index (χ0n) is 10.3. The average molecular weight is 246 g/mol. The molecular weight excluding hydrogens is 228 g/mol. The summed E-state index contributed by atoms with van der Waals surface area (Å²) in [7, 11) is 0. The van der Waals surface area contributed by atoms with Crippen LogP contribution in [0.3, 0.4) is 0 Å². The van der Waals surface area contributed by atoms with E-state index in [0.29, 0.717) is 12.8 Å². The number of hydrogen-bond acceptors (Lipinski definition) is 4. The number of ether oxygens (including phenoxy) is 2. The topological polar surface area (TPSA) is 42.5 Å². The van der Waals surface area contributed by atoms with E-state index in [1.54, 1.807) is 0 Å². The van der Waals surface area contributed by atoms with E-state index in [1.807, 2.05) is 12.1 Å². The molecule has 0 saturated carbocycles. The summed E-state index contributed by atoms with van der Waals surface area (Å²) in [5.41, 5.74) is 1.14. The fraction of sp³-hybridized carbons (Fsp3) is 0.571. The lowest BCUT2D eigenvalue weighted by molar-refractivity contribution is 0.174. The smallest absolute Gasteiger partial charge is 0.231 e. The van der Waals surface area contributed by atoms with Crippen LogP contribution in [0.25, 0.3) is 0 Å². The van der Waals surface area contributed by atoms with Crippen molar-refractivity contribution in [1.82, 2.24) is 5.32 Å². The standard InChI is InChI=1S/C14H18N2O2/c1-2-10-6-12(5-9(1)15-10)16-11-3-4-13-14(7-11)18-8-17-13/h3-4,7,9-10,12,15-16H,1-2,5-6,8H2. The summed E-state index contributed by atoms with van der Waals surface area (Å²) in [5, 5.41) is 7.30. The van der Waals surface area contributed by atoms with Gasteiger partial charge in [0.15, 0.2) is 11.5 Å². The highest BCUT2D eigenvalue weighted by molar-refractivity contribution is 5.56. The molecule has 2 bridgehead atoms. The van der Waals surface area contributed by atoms with Gasteiger partial charge in [-0.05, 0) is 37.8 Å². The van der Waals surface area contributed by atoms with Crippen molar-refractivity contribution in [3.63, 3.8) is 0 Å². The van der Waals surface area contributed by atoms with Gasteiger partial charge in [-0.1, -0.05) is 0 Å². The Morgan fingerprint density at radius 3 is 2.67 bits per heavy atom. The molecule has 2 unspecified atom stereocenters. The molecule has 2 atom stereocenters. The maximum atomic E-state index is 5.41. The minimum absolute atomic E-state index is 0.344. The van der Waals surface area contributed by atoms with Crippen molar-refractivity contribution in [2.45, 2.75) is 43.8 Å². The van der Waals surface area contributed by atoms with Crippen LogP contribution < -0.4 is 20.1 Å². The zero-order chi connectivity index (χ0) is 11.9. The fourth-order valence-corrected chi connectivity index (χ4v) is 3.40. The monoisotopic (exact) mass is 246 g/mol. The third-order valence-electron chi connectivity index (χ3n) is 4.22. The normalized spacial score (nSPS) is 32.6. The number of piperidine rings is 1. The second-order valence-electron chi connectivity index (χ2n) is 5.52. The Bertz CT molecular complexity index is 451. The van der Waals surface area contributed by atoms with E-state index in [-0.39, 0.29) is 0 Å². The molecule has 0 spiro atoms. The Morgan fingerprint density at radius 2 is 1.83 bits per heavy atom. The van der Waals surface area contributed by atoms with Crippen LogP contribution in [0.1, 0.15) is 25.7 Å². The van der Waals surface area contributed by atoms with E-state index < -0.39 is 0 Å². The van der Waals surface area contributed by atoms with Gasteiger partial charge in [-0.2, -0.15) is 0 Å². The third-order valence-corrected chi connectivity index (χ3v) is 4.22. The highest BCUT2D eigenvalue weighted by Gasteiger charge is 2.33. The van der Waals surface area contributed by atoms with Crippen molar-refractivity contribution in [2.24, 2.45) is 0 Å². The van der Waals surface area contributed by atoms with Crippen LogP contribution >= 0.6 is 0 Å². The van der Waals surface area contributed by atoms with Crippen LogP contribution in [0.15, 0.2) is 18.2 Å². The number of hydrogen-bond donors (Lipinski definition) is 2. The van der Waals surface area contributed by atoms with Gasteiger partial charge >= 0.3 is 0 Å². The first kappa shape index (κ1) is 10.5. The van der Waals surface area contributed by atoms with Crippen LogP contribution in [0, 0.1) is 0 Å². The van der Waals surface area contributed by atoms with Crippen molar-refractivity contribution in [2.75, 3.05) is 12.1 Å². The maximum absolute atomic E-state index is 5.41. The van der Waals surface area contributed by atoms with Gasteiger partial charge < -0.3 is 20.1 Å². The van der Waals surface area contributed by atoms with Crippen LogP contribution in [-0.4, -0.2) is 24.9 Å². The van der Waals surface area contributed by atoms with Gasteiger partial charge in [-0.25, -0.2) is 0 Å². The summed E-state index contributed by atoms with van der Waals surface area (Å²) in [6, 6.07) is 8.14. The van der Waals surface area contributed by atoms with Gasteiger partial charge in [0, 0.05) is 29.9 Å². The summed E-state index contributed by atoms with van der Waals surface area (Å²) in [6.45, 7) is 0.344.